The van der Waals surface area contributed by atoms with Gasteiger partial charge in [-0.15, -0.1) is 0 Å². The maximum atomic E-state index is 14.0. The third-order valence-corrected chi connectivity index (χ3v) is 10.5. The van der Waals surface area contributed by atoms with Crippen molar-refractivity contribution < 1.29 is 13.9 Å². The van der Waals surface area contributed by atoms with Crippen molar-refractivity contribution in [3.05, 3.63) is 0 Å². The van der Waals surface area contributed by atoms with Crippen LogP contribution in [0.3, 0.4) is 0 Å². The predicted octanol–water partition coefficient (Wildman–Crippen LogP) is 10.4. The summed E-state index contributed by atoms with van der Waals surface area (Å²) in [5.74, 6) is 1.88. The minimum absolute atomic E-state index is 0.0382. The van der Waals surface area contributed by atoms with Crippen molar-refractivity contribution in [2.24, 2.45) is 17.3 Å². The first-order valence-corrected chi connectivity index (χ1v) is 21.2. The number of hydrogen-bond donors (Lipinski definition) is 4. The van der Waals surface area contributed by atoms with Gasteiger partial charge in [-0.3, -0.25) is 0 Å². The molecule has 0 aromatic rings. The van der Waals surface area contributed by atoms with Crippen molar-refractivity contribution in [2.45, 2.75) is 221 Å². The fraction of sp³-hybridized carbons (Fsp3) is 1.00. The minimum Gasteiger partial charge on any atom is -0.376 e. The van der Waals surface area contributed by atoms with Crippen LogP contribution in [0.4, 0.5) is 4.39 Å². The summed E-state index contributed by atoms with van der Waals surface area (Å²) >= 11 is 0. The van der Waals surface area contributed by atoms with Gasteiger partial charge in [0.15, 0.2) is 0 Å². The van der Waals surface area contributed by atoms with Gasteiger partial charge in [0.1, 0.15) is 5.67 Å². The van der Waals surface area contributed by atoms with E-state index in [1.54, 1.807) is 0 Å². The Morgan fingerprint density at radius 1 is 0.529 bits per heavy atom. The first-order valence-electron chi connectivity index (χ1n) is 21.2. The Balaban J connectivity index is 0.000000341. The summed E-state index contributed by atoms with van der Waals surface area (Å²) in [6.07, 6.45) is 18.0. The van der Waals surface area contributed by atoms with Gasteiger partial charge in [0.2, 0.25) is 0 Å². The second kappa shape index (κ2) is 22.9. The van der Waals surface area contributed by atoms with Gasteiger partial charge in [-0.2, -0.15) is 0 Å². The number of hydrogen-bond acceptors (Lipinski definition) is 6. The van der Waals surface area contributed by atoms with Crippen LogP contribution in [0, 0.1) is 17.3 Å². The van der Waals surface area contributed by atoms with Gasteiger partial charge in [0, 0.05) is 35.2 Å². The third kappa shape index (κ3) is 28.8. The second-order valence-corrected chi connectivity index (χ2v) is 21.4. The van der Waals surface area contributed by atoms with Gasteiger partial charge >= 0.3 is 0 Å². The van der Waals surface area contributed by atoms with Crippen molar-refractivity contribution in [3.63, 3.8) is 0 Å². The molecule has 1 aliphatic heterocycles. The highest BCUT2D eigenvalue weighted by Gasteiger charge is 2.32. The van der Waals surface area contributed by atoms with E-state index >= 15 is 0 Å². The molecule has 0 aromatic carbocycles. The van der Waals surface area contributed by atoms with E-state index in [1.807, 2.05) is 0 Å². The molecule has 51 heavy (non-hydrogen) atoms. The Hall–Kier alpha value is -0.310. The van der Waals surface area contributed by atoms with Crippen LogP contribution >= 0.6 is 0 Å². The molecule has 4 aliphatic rings. The van der Waals surface area contributed by atoms with Gasteiger partial charge in [0.05, 0.1) is 25.9 Å². The molecule has 3 saturated carbocycles. The maximum absolute atomic E-state index is 14.0. The number of alkyl halides is 1. The van der Waals surface area contributed by atoms with Crippen LogP contribution in [0.15, 0.2) is 0 Å². The van der Waals surface area contributed by atoms with E-state index in [0.29, 0.717) is 17.5 Å². The van der Waals surface area contributed by atoms with Gasteiger partial charge in [-0.05, 0) is 165 Å². The Labute approximate surface area is 318 Å². The largest absolute Gasteiger partial charge is 0.376 e. The highest BCUT2D eigenvalue weighted by Crippen LogP contribution is 2.37. The number of nitrogens with one attached hydrogen (secondary N) is 4. The SMILES string of the molecule is CC(C)(C)NCC1(F)CCCCC1.CC(C)(C)NCC1CCCCC1.CC(C)(C)NCC1COCCO1.CC1(C)CCC(CNC(C)(C)C)CC1. The maximum Gasteiger partial charge on any atom is 0.123 e. The molecule has 0 spiro atoms. The zero-order valence-corrected chi connectivity index (χ0v) is 36.8. The van der Waals surface area contributed by atoms with Crippen LogP contribution < -0.4 is 21.3 Å². The molecule has 1 unspecified atom stereocenters. The molecule has 1 atom stereocenters. The molecular formula is C44H91FN4O2. The molecule has 306 valence electrons. The van der Waals surface area contributed by atoms with E-state index in [9.17, 15) is 4.39 Å². The second-order valence-electron chi connectivity index (χ2n) is 21.4. The van der Waals surface area contributed by atoms with Crippen LogP contribution in [0.5, 0.6) is 0 Å². The van der Waals surface area contributed by atoms with Crippen LogP contribution in [0.25, 0.3) is 0 Å². The first-order chi connectivity index (χ1) is 23.4. The van der Waals surface area contributed by atoms with Gasteiger partial charge in [-0.1, -0.05) is 52.4 Å². The Kier molecular flexibility index (Phi) is 21.9. The van der Waals surface area contributed by atoms with Gasteiger partial charge in [-0.25, -0.2) is 4.39 Å². The molecule has 7 heteroatoms. The fourth-order valence-electron chi connectivity index (χ4n) is 6.82. The number of ether oxygens (including phenoxy) is 2. The van der Waals surface area contributed by atoms with Crippen LogP contribution in [0.1, 0.15) is 187 Å². The Bertz CT molecular complexity index is 824. The normalized spacial score (nSPS) is 23.5. The lowest BCUT2D eigenvalue weighted by atomic mass is 9.73. The van der Waals surface area contributed by atoms with Gasteiger partial charge < -0.3 is 30.7 Å². The molecule has 0 radical (unpaired) electrons. The molecule has 0 bridgehead atoms. The number of rotatable bonds is 8. The summed E-state index contributed by atoms with van der Waals surface area (Å²) in [6, 6.07) is 0. The molecule has 6 nitrogen and oxygen atoms in total. The molecule has 1 heterocycles. The zero-order chi connectivity index (χ0) is 38.8. The summed E-state index contributed by atoms with van der Waals surface area (Å²) in [5, 5.41) is 13.9. The van der Waals surface area contributed by atoms with Crippen molar-refractivity contribution in [1.82, 2.24) is 21.3 Å². The topological polar surface area (TPSA) is 66.6 Å². The van der Waals surface area contributed by atoms with Crippen LogP contribution in [0.2, 0.25) is 0 Å². The Morgan fingerprint density at radius 3 is 1.39 bits per heavy atom. The Morgan fingerprint density at radius 2 is 0.961 bits per heavy atom. The summed E-state index contributed by atoms with van der Waals surface area (Å²) in [4.78, 5) is 0. The zero-order valence-electron chi connectivity index (χ0n) is 36.8. The summed E-state index contributed by atoms with van der Waals surface area (Å²) in [6.45, 7) is 37.0. The van der Waals surface area contributed by atoms with E-state index < -0.39 is 5.67 Å². The van der Waals surface area contributed by atoms with Crippen LogP contribution in [-0.2, 0) is 9.47 Å². The van der Waals surface area contributed by atoms with E-state index in [0.717, 1.165) is 63.9 Å². The van der Waals surface area contributed by atoms with Crippen molar-refractivity contribution in [2.75, 3.05) is 46.0 Å². The summed E-state index contributed by atoms with van der Waals surface area (Å²) < 4.78 is 24.8. The third-order valence-electron chi connectivity index (χ3n) is 10.5. The standard InChI is InChI=1S/C13H27N.C11H22FN.C11H23N.C9H19NO2/c1-12(2,3)14-10-11-6-8-13(4,5)9-7-11;1-10(2,3)13-9-11(12)7-5-4-6-8-11;1-11(2,3)12-9-10-7-5-4-6-8-10;1-9(2,3)10-6-8-7-11-4-5-12-8/h11,14H,6-10H2,1-5H3;13H,4-9H2,1-3H3;10,12H,4-9H2,1-3H3;8,10H,4-7H2,1-3H3. The fourth-order valence-corrected chi connectivity index (χ4v) is 6.82. The molecule has 0 amide bonds. The lowest BCUT2D eigenvalue weighted by Gasteiger charge is -2.35. The predicted molar refractivity (Wildman–Crippen MR) is 221 cm³/mol. The van der Waals surface area contributed by atoms with E-state index in [-0.39, 0.29) is 22.7 Å². The minimum atomic E-state index is -0.925. The van der Waals surface area contributed by atoms with E-state index in [4.69, 9.17) is 9.47 Å². The average Bonchev–Trinajstić information content (AvgIpc) is 3.02. The van der Waals surface area contributed by atoms with Crippen molar-refractivity contribution in [1.29, 1.82) is 0 Å². The highest BCUT2D eigenvalue weighted by atomic mass is 19.1. The van der Waals surface area contributed by atoms with Crippen molar-refractivity contribution in [3.8, 4) is 0 Å². The molecule has 1 saturated heterocycles. The quantitative estimate of drug-likeness (QED) is 0.200. The molecule has 0 aromatic heterocycles. The smallest absolute Gasteiger partial charge is 0.123 e. The van der Waals surface area contributed by atoms with Gasteiger partial charge in [0.25, 0.3) is 0 Å². The van der Waals surface area contributed by atoms with E-state index in [2.05, 4.69) is 118 Å². The molecule has 4 N–H and O–H groups in total. The molecular weight excluding hydrogens is 636 g/mol. The molecule has 4 fully saturated rings. The lowest BCUT2D eigenvalue weighted by molar-refractivity contribution is -0.0878. The summed E-state index contributed by atoms with van der Waals surface area (Å²) in [7, 11) is 0. The molecule has 3 aliphatic carbocycles. The highest BCUT2D eigenvalue weighted by molar-refractivity contribution is 4.87. The monoisotopic (exact) mass is 727 g/mol. The lowest BCUT2D eigenvalue weighted by Crippen LogP contribution is -2.46. The molecule has 4 rings (SSSR count). The summed E-state index contributed by atoms with van der Waals surface area (Å²) in [5.41, 5.74) is 0.478. The number of halogens is 1. The first kappa shape index (κ1) is 48.7. The van der Waals surface area contributed by atoms with E-state index in [1.165, 1.54) is 77.3 Å². The van der Waals surface area contributed by atoms with Crippen molar-refractivity contribution >= 4 is 0 Å². The average molecular weight is 727 g/mol. The van der Waals surface area contributed by atoms with Crippen LogP contribution in [-0.4, -0.2) is 79.9 Å².